The van der Waals surface area contributed by atoms with Crippen LogP contribution in [0.4, 0.5) is 0 Å². The SMILES string of the molecule is COc1ccc(CNC(=O)C(C)Sc2ccc(=O)n(-c3ccc(C)c(C)c3)n2)cc1. The molecule has 0 bridgehead atoms. The molecule has 1 unspecified atom stereocenters. The smallest absolute Gasteiger partial charge is 0.271 e. The maximum atomic E-state index is 12.5. The van der Waals surface area contributed by atoms with Crippen LogP contribution in [0.1, 0.15) is 23.6 Å². The summed E-state index contributed by atoms with van der Waals surface area (Å²) in [6.07, 6.45) is 0. The van der Waals surface area contributed by atoms with E-state index >= 15 is 0 Å². The van der Waals surface area contributed by atoms with Gasteiger partial charge in [-0.2, -0.15) is 9.78 Å². The minimum atomic E-state index is -0.360. The number of rotatable bonds is 7. The van der Waals surface area contributed by atoms with Crippen molar-refractivity contribution in [2.75, 3.05) is 7.11 Å². The predicted molar refractivity (Wildman–Crippen MR) is 119 cm³/mol. The summed E-state index contributed by atoms with van der Waals surface area (Å²) in [6, 6.07) is 16.5. The first-order valence-electron chi connectivity index (χ1n) is 9.62. The van der Waals surface area contributed by atoms with Crippen LogP contribution in [-0.2, 0) is 11.3 Å². The number of ether oxygens (including phenoxy) is 1. The van der Waals surface area contributed by atoms with Gasteiger partial charge in [-0.1, -0.05) is 30.0 Å². The monoisotopic (exact) mass is 423 g/mol. The standard InChI is InChI=1S/C23H25N3O3S/c1-15-5-8-19(13-16(15)2)26-22(27)12-11-21(25-26)30-17(3)23(28)24-14-18-6-9-20(29-4)10-7-18/h5-13,17H,14H2,1-4H3,(H,24,28). The van der Waals surface area contributed by atoms with Gasteiger partial charge in [-0.05, 0) is 67.8 Å². The number of carbonyl (C=O) groups is 1. The van der Waals surface area contributed by atoms with E-state index in [1.165, 1.54) is 22.5 Å². The number of nitrogens with one attached hydrogen (secondary N) is 1. The van der Waals surface area contributed by atoms with Crippen molar-refractivity contribution in [2.24, 2.45) is 0 Å². The molecule has 6 nitrogen and oxygen atoms in total. The minimum absolute atomic E-state index is 0.0958. The van der Waals surface area contributed by atoms with Crippen molar-refractivity contribution < 1.29 is 9.53 Å². The van der Waals surface area contributed by atoms with Crippen molar-refractivity contribution in [1.82, 2.24) is 15.1 Å². The number of hydrogen-bond donors (Lipinski definition) is 1. The van der Waals surface area contributed by atoms with E-state index in [1.807, 2.05) is 63.2 Å². The number of nitrogens with zero attached hydrogens (tertiary/aromatic N) is 2. The normalized spacial score (nSPS) is 11.7. The summed E-state index contributed by atoms with van der Waals surface area (Å²) in [7, 11) is 1.62. The molecule has 30 heavy (non-hydrogen) atoms. The molecule has 0 radical (unpaired) electrons. The Labute approximate surface area is 180 Å². The number of methoxy groups -OCH3 is 1. The third-order valence-electron chi connectivity index (χ3n) is 4.80. The van der Waals surface area contributed by atoms with Crippen LogP contribution >= 0.6 is 11.8 Å². The fourth-order valence-corrected chi connectivity index (χ4v) is 3.64. The number of aryl methyl sites for hydroxylation is 2. The van der Waals surface area contributed by atoms with Gasteiger partial charge in [-0.25, -0.2) is 0 Å². The fourth-order valence-electron chi connectivity index (χ4n) is 2.81. The third-order valence-corrected chi connectivity index (χ3v) is 5.83. The Bertz CT molecular complexity index is 1090. The Morgan fingerprint density at radius 1 is 1.10 bits per heavy atom. The predicted octanol–water partition coefficient (Wildman–Crippen LogP) is 3.65. The lowest BCUT2D eigenvalue weighted by atomic mass is 10.1. The molecule has 156 valence electrons. The van der Waals surface area contributed by atoms with Crippen LogP contribution in [0.3, 0.4) is 0 Å². The largest absolute Gasteiger partial charge is 0.497 e. The molecule has 0 aliphatic heterocycles. The van der Waals surface area contributed by atoms with E-state index in [1.54, 1.807) is 13.2 Å². The Kier molecular flexibility index (Phi) is 6.95. The topological polar surface area (TPSA) is 73.2 Å². The highest BCUT2D eigenvalue weighted by molar-refractivity contribution is 8.00. The average molecular weight is 424 g/mol. The third kappa shape index (κ3) is 5.30. The van der Waals surface area contributed by atoms with E-state index in [0.29, 0.717) is 17.3 Å². The Hall–Kier alpha value is -3.06. The zero-order valence-corrected chi connectivity index (χ0v) is 18.3. The highest BCUT2D eigenvalue weighted by atomic mass is 32.2. The summed E-state index contributed by atoms with van der Waals surface area (Å²) < 4.78 is 6.51. The van der Waals surface area contributed by atoms with Gasteiger partial charge in [0.1, 0.15) is 10.8 Å². The molecular formula is C23H25N3O3S. The second kappa shape index (κ2) is 9.63. The molecule has 3 rings (SSSR count). The Morgan fingerprint density at radius 3 is 2.50 bits per heavy atom. The molecule has 1 amide bonds. The molecule has 1 atom stereocenters. The van der Waals surface area contributed by atoms with Gasteiger partial charge in [-0.3, -0.25) is 9.59 Å². The second-order valence-electron chi connectivity index (χ2n) is 7.02. The van der Waals surface area contributed by atoms with Crippen molar-refractivity contribution in [1.29, 1.82) is 0 Å². The van der Waals surface area contributed by atoms with Crippen molar-refractivity contribution in [3.63, 3.8) is 0 Å². The van der Waals surface area contributed by atoms with E-state index in [0.717, 1.165) is 22.4 Å². The van der Waals surface area contributed by atoms with Crippen molar-refractivity contribution >= 4 is 17.7 Å². The van der Waals surface area contributed by atoms with E-state index < -0.39 is 0 Å². The number of hydrogen-bond acceptors (Lipinski definition) is 5. The van der Waals surface area contributed by atoms with E-state index in [4.69, 9.17) is 4.74 Å². The molecule has 0 spiro atoms. The minimum Gasteiger partial charge on any atom is -0.497 e. The summed E-state index contributed by atoms with van der Waals surface area (Å²) in [4.78, 5) is 24.8. The van der Waals surface area contributed by atoms with Gasteiger partial charge >= 0.3 is 0 Å². The van der Waals surface area contributed by atoms with Gasteiger partial charge in [0, 0.05) is 12.6 Å². The van der Waals surface area contributed by atoms with Crippen LogP contribution in [0.5, 0.6) is 5.75 Å². The molecule has 1 aromatic heterocycles. The Morgan fingerprint density at radius 2 is 1.83 bits per heavy atom. The first-order valence-corrected chi connectivity index (χ1v) is 10.5. The van der Waals surface area contributed by atoms with Crippen molar-refractivity contribution in [2.45, 2.75) is 37.6 Å². The van der Waals surface area contributed by atoms with Crippen LogP contribution in [0.25, 0.3) is 5.69 Å². The molecular weight excluding hydrogens is 398 g/mol. The van der Waals surface area contributed by atoms with Gasteiger partial charge in [0.25, 0.3) is 5.56 Å². The number of carbonyl (C=O) groups excluding carboxylic acids is 1. The maximum absolute atomic E-state index is 12.5. The first-order chi connectivity index (χ1) is 14.4. The zero-order valence-electron chi connectivity index (χ0n) is 17.5. The molecule has 1 N–H and O–H groups in total. The number of aromatic nitrogens is 2. The number of thioether (sulfide) groups is 1. The van der Waals surface area contributed by atoms with Crippen LogP contribution in [0.2, 0.25) is 0 Å². The quantitative estimate of drug-likeness (QED) is 0.587. The van der Waals surface area contributed by atoms with E-state index in [-0.39, 0.29) is 16.7 Å². The zero-order chi connectivity index (χ0) is 21.7. The summed E-state index contributed by atoms with van der Waals surface area (Å²) in [5, 5.41) is 7.63. The van der Waals surface area contributed by atoms with E-state index in [2.05, 4.69) is 10.4 Å². The molecule has 0 aliphatic carbocycles. The molecule has 0 aliphatic rings. The number of benzene rings is 2. The molecule has 1 heterocycles. The lowest BCUT2D eigenvalue weighted by molar-refractivity contribution is -0.120. The highest BCUT2D eigenvalue weighted by Gasteiger charge is 2.16. The van der Waals surface area contributed by atoms with Gasteiger partial charge in [0.2, 0.25) is 5.91 Å². The molecule has 2 aromatic carbocycles. The highest BCUT2D eigenvalue weighted by Crippen LogP contribution is 2.21. The Balaban J connectivity index is 1.66. The van der Waals surface area contributed by atoms with Gasteiger partial charge in [0.15, 0.2) is 0 Å². The van der Waals surface area contributed by atoms with Crippen LogP contribution in [0, 0.1) is 13.8 Å². The molecule has 7 heteroatoms. The van der Waals surface area contributed by atoms with Crippen LogP contribution in [-0.4, -0.2) is 28.0 Å². The first kappa shape index (κ1) is 21.6. The summed E-state index contributed by atoms with van der Waals surface area (Å²) in [5.41, 5.74) is 3.73. The summed E-state index contributed by atoms with van der Waals surface area (Å²) in [5.74, 6) is 0.681. The molecule has 0 fully saturated rings. The van der Waals surface area contributed by atoms with Crippen LogP contribution < -0.4 is 15.6 Å². The molecule has 0 saturated carbocycles. The van der Waals surface area contributed by atoms with Crippen molar-refractivity contribution in [3.8, 4) is 11.4 Å². The second-order valence-corrected chi connectivity index (χ2v) is 8.38. The van der Waals surface area contributed by atoms with Crippen molar-refractivity contribution in [3.05, 3.63) is 81.6 Å². The molecule has 0 saturated heterocycles. The van der Waals surface area contributed by atoms with Crippen LogP contribution in [0.15, 0.2) is 64.4 Å². The summed E-state index contributed by atoms with van der Waals surface area (Å²) >= 11 is 1.31. The fraction of sp³-hybridized carbons (Fsp3) is 0.261. The van der Waals surface area contributed by atoms with Gasteiger partial charge < -0.3 is 10.1 Å². The summed E-state index contributed by atoms with van der Waals surface area (Å²) in [6.45, 7) is 6.27. The maximum Gasteiger partial charge on any atom is 0.271 e. The lowest BCUT2D eigenvalue weighted by Gasteiger charge is -2.13. The lowest BCUT2D eigenvalue weighted by Crippen LogP contribution is -2.30. The average Bonchev–Trinajstić information content (AvgIpc) is 2.75. The van der Waals surface area contributed by atoms with Gasteiger partial charge in [-0.15, -0.1) is 0 Å². The van der Waals surface area contributed by atoms with E-state index in [9.17, 15) is 9.59 Å². The molecule has 3 aromatic rings. The number of amides is 1. The van der Waals surface area contributed by atoms with Gasteiger partial charge in [0.05, 0.1) is 18.0 Å².